The van der Waals surface area contributed by atoms with Crippen molar-refractivity contribution in [2.45, 2.75) is 25.2 Å². The molecule has 3 N–H and O–H groups in total. The number of allylic oxidation sites excluding steroid dienone is 3. The van der Waals surface area contributed by atoms with Crippen LogP contribution in [0.15, 0.2) is 41.0 Å². The minimum absolute atomic E-state index is 0.0151. The molecule has 0 radical (unpaired) electrons. The van der Waals surface area contributed by atoms with Crippen LogP contribution in [0.4, 0.5) is 0 Å². The Balaban J connectivity index is 2.17. The molecule has 0 spiro atoms. The van der Waals surface area contributed by atoms with Gasteiger partial charge in [-0.05, 0) is 24.1 Å². The van der Waals surface area contributed by atoms with Crippen molar-refractivity contribution in [1.29, 1.82) is 5.26 Å². The van der Waals surface area contributed by atoms with Gasteiger partial charge in [0.25, 0.3) is 0 Å². The fourth-order valence-electron chi connectivity index (χ4n) is 3.08. The Hall–Kier alpha value is -2.94. The van der Waals surface area contributed by atoms with Gasteiger partial charge in [0.2, 0.25) is 5.88 Å². The summed E-state index contributed by atoms with van der Waals surface area (Å²) in [5.74, 6) is 0.137. The molecule has 0 bridgehead atoms. The van der Waals surface area contributed by atoms with Crippen molar-refractivity contribution >= 4 is 5.78 Å². The van der Waals surface area contributed by atoms with E-state index in [0.717, 1.165) is 0 Å². The van der Waals surface area contributed by atoms with E-state index in [2.05, 4.69) is 0 Å². The lowest BCUT2D eigenvalue weighted by atomic mass is 9.77. The van der Waals surface area contributed by atoms with Crippen LogP contribution < -0.4 is 10.5 Å². The summed E-state index contributed by atoms with van der Waals surface area (Å²) in [4.78, 5) is 12.4. The van der Waals surface area contributed by atoms with Gasteiger partial charge in [-0.2, -0.15) is 5.26 Å². The van der Waals surface area contributed by atoms with Gasteiger partial charge in [-0.3, -0.25) is 4.79 Å². The molecule has 0 fully saturated rings. The Morgan fingerprint density at radius 3 is 2.87 bits per heavy atom. The van der Waals surface area contributed by atoms with Gasteiger partial charge in [-0.1, -0.05) is 6.07 Å². The van der Waals surface area contributed by atoms with E-state index in [-0.39, 0.29) is 23.0 Å². The topological polar surface area (TPSA) is 106 Å². The number of nitrogens with zero attached hydrogens (tertiary/aromatic N) is 1. The first-order valence-corrected chi connectivity index (χ1v) is 7.27. The van der Waals surface area contributed by atoms with E-state index in [1.807, 2.05) is 6.07 Å². The Morgan fingerprint density at radius 2 is 2.22 bits per heavy atom. The maximum Gasteiger partial charge on any atom is 0.205 e. The van der Waals surface area contributed by atoms with E-state index >= 15 is 0 Å². The van der Waals surface area contributed by atoms with Gasteiger partial charge in [0.1, 0.15) is 17.4 Å². The molecule has 3 rings (SSSR count). The summed E-state index contributed by atoms with van der Waals surface area (Å²) >= 11 is 0. The Morgan fingerprint density at radius 1 is 1.43 bits per heavy atom. The predicted octanol–water partition coefficient (Wildman–Crippen LogP) is 2.22. The Bertz CT molecular complexity index is 786. The van der Waals surface area contributed by atoms with Crippen molar-refractivity contribution in [3.05, 3.63) is 46.6 Å². The number of nitrogens with two attached hydrogens (primary N) is 1. The third kappa shape index (κ3) is 2.40. The second-order valence-electron chi connectivity index (χ2n) is 5.47. The quantitative estimate of drug-likeness (QED) is 0.867. The Kier molecular flexibility index (Phi) is 3.70. The van der Waals surface area contributed by atoms with Gasteiger partial charge >= 0.3 is 0 Å². The lowest BCUT2D eigenvalue weighted by Crippen LogP contribution is -2.27. The second kappa shape index (κ2) is 5.69. The maximum atomic E-state index is 12.4. The molecule has 0 unspecified atom stereocenters. The molecule has 23 heavy (non-hydrogen) atoms. The first kappa shape index (κ1) is 15.0. The third-order valence-electron chi connectivity index (χ3n) is 4.14. The summed E-state index contributed by atoms with van der Waals surface area (Å²) in [6, 6.07) is 6.84. The summed E-state index contributed by atoms with van der Waals surface area (Å²) < 4.78 is 10.5. The number of phenols is 1. The number of nitriles is 1. The number of ketones is 1. The first-order chi connectivity index (χ1) is 11.1. The zero-order valence-electron chi connectivity index (χ0n) is 12.6. The van der Waals surface area contributed by atoms with E-state index < -0.39 is 5.92 Å². The van der Waals surface area contributed by atoms with E-state index in [4.69, 9.17) is 15.2 Å². The minimum atomic E-state index is -0.617. The summed E-state index contributed by atoms with van der Waals surface area (Å²) in [6.45, 7) is 0. The minimum Gasteiger partial charge on any atom is -0.504 e. The lowest BCUT2D eigenvalue weighted by Gasteiger charge is -2.31. The van der Waals surface area contributed by atoms with Gasteiger partial charge < -0.3 is 20.3 Å². The number of Topliss-reactive ketones (excluding diaryl/α,β-unsaturated/α-hetero) is 1. The first-order valence-electron chi connectivity index (χ1n) is 7.27. The number of methoxy groups -OCH3 is 1. The SMILES string of the molecule is COc1ccc([C@@H]2C(C#N)=C(N)OC3=C2C(=O)CCC3)cc1O. The molecule has 0 amide bonds. The molecule has 1 heterocycles. The average Bonchev–Trinajstić information content (AvgIpc) is 2.53. The molecule has 118 valence electrons. The van der Waals surface area contributed by atoms with Crippen LogP contribution in [-0.4, -0.2) is 18.0 Å². The Labute approximate surface area is 133 Å². The van der Waals surface area contributed by atoms with Crippen molar-refractivity contribution < 1.29 is 19.4 Å². The van der Waals surface area contributed by atoms with Crippen LogP contribution in [0.3, 0.4) is 0 Å². The second-order valence-corrected chi connectivity index (χ2v) is 5.47. The van der Waals surface area contributed by atoms with Crippen LogP contribution in [0.2, 0.25) is 0 Å². The molecule has 0 saturated carbocycles. The van der Waals surface area contributed by atoms with Gasteiger partial charge in [0.05, 0.1) is 13.0 Å². The predicted molar refractivity (Wildman–Crippen MR) is 81.2 cm³/mol. The summed E-state index contributed by atoms with van der Waals surface area (Å²) in [5.41, 5.74) is 7.12. The number of aromatic hydroxyl groups is 1. The van der Waals surface area contributed by atoms with Crippen LogP contribution in [0.5, 0.6) is 11.5 Å². The summed E-state index contributed by atoms with van der Waals surface area (Å²) in [6.07, 6.45) is 1.73. The van der Waals surface area contributed by atoms with Gasteiger partial charge in [0.15, 0.2) is 17.3 Å². The van der Waals surface area contributed by atoms with Crippen molar-refractivity contribution in [2.75, 3.05) is 7.11 Å². The maximum absolute atomic E-state index is 12.4. The largest absolute Gasteiger partial charge is 0.504 e. The molecule has 2 aliphatic rings. The number of hydrogen-bond acceptors (Lipinski definition) is 6. The van der Waals surface area contributed by atoms with Gasteiger partial charge in [-0.25, -0.2) is 0 Å². The molecule has 1 aromatic rings. The number of carbonyl (C=O) groups is 1. The highest BCUT2D eigenvalue weighted by molar-refractivity contribution is 5.99. The molecule has 1 aliphatic heterocycles. The normalized spacial score (nSPS) is 20.7. The molecule has 0 saturated heterocycles. The van der Waals surface area contributed by atoms with E-state index in [9.17, 15) is 15.2 Å². The van der Waals surface area contributed by atoms with Crippen LogP contribution in [-0.2, 0) is 9.53 Å². The molecular weight excluding hydrogens is 296 g/mol. The standard InChI is InChI=1S/C17H16N2O4/c1-22-13-6-5-9(7-12(13)21)15-10(8-18)17(19)23-14-4-2-3-11(20)16(14)15/h5-7,15,21H,2-4,19H2,1H3/t15-/m1/s1. The fraction of sp³-hybridized carbons (Fsp3) is 0.294. The van der Waals surface area contributed by atoms with Crippen molar-refractivity contribution in [3.63, 3.8) is 0 Å². The highest BCUT2D eigenvalue weighted by atomic mass is 16.5. The zero-order valence-corrected chi connectivity index (χ0v) is 12.6. The number of phenolic OH excluding ortho intramolecular Hbond substituents is 1. The number of carbonyl (C=O) groups excluding carboxylic acids is 1. The average molecular weight is 312 g/mol. The molecule has 6 heteroatoms. The monoisotopic (exact) mass is 312 g/mol. The van der Waals surface area contributed by atoms with Crippen molar-refractivity contribution in [1.82, 2.24) is 0 Å². The fourth-order valence-corrected chi connectivity index (χ4v) is 3.08. The van der Waals surface area contributed by atoms with E-state index in [1.165, 1.54) is 13.2 Å². The van der Waals surface area contributed by atoms with Crippen LogP contribution >= 0.6 is 0 Å². The van der Waals surface area contributed by atoms with Crippen LogP contribution in [0.25, 0.3) is 0 Å². The summed E-state index contributed by atoms with van der Waals surface area (Å²) in [7, 11) is 1.45. The molecule has 1 atom stereocenters. The number of ether oxygens (including phenoxy) is 2. The highest BCUT2D eigenvalue weighted by Gasteiger charge is 2.38. The molecule has 1 aromatic carbocycles. The van der Waals surface area contributed by atoms with Crippen LogP contribution in [0, 0.1) is 11.3 Å². The lowest BCUT2D eigenvalue weighted by molar-refractivity contribution is -0.116. The van der Waals surface area contributed by atoms with Crippen LogP contribution in [0.1, 0.15) is 30.7 Å². The van der Waals surface area contributed by atoms with Gasteiger partial charge in [-0.15, -0.1) is 0 Å². The number of benzene rings is 1. The number of rotatable bonds is 2. The van der Waals surface area contributed by atoms with E-state index in [1.54, 1.807) is 12.1 Å². The molecule has 1 aliphatic carbocycles. The van der Waals surface area contributed by atoms with E-state index in [0.29, 0.717) is 41.9 Å². The molecule has 0 aromatic heterocycles. The smallest absolute Gasteiger partial charge is 0.205 e. The van der Waals surface area contributed by atoms with Crippen molar-refractivity contribution in [3.8, 4) is 17.6 Å². The molecular formula is C17H16N2O4. The van der Waals surface area contributed by atoms with Crippen molar-refractivity contribution in [2.24, 2.45) is 5.73 Å². The third-order valence-corrected chi connectivity index (χ3v) is 4.14. The molecule has 6 nitrogen and oxygen atoms in total. The van der Waals surface area contributed by atoms with Gasteiger partial charge in [0, 0.05) is 18.4 Å². The highest BCUT2D eigenvalue weighted by Crippen LogP contribution is 2.44. The zero-order chi connectivity index (χ0) is 16.6. The number of hydrogen-bond donors (Lipinski definition) is 2. The summed E-state index contributed by atoms with van der Waals surface area (Å²) in [5, 5.41) is 19.5.